The Kier molecular flexibility index (Phi) is 5.46. The maximum absolute atomic E-state index is 12.3. The average Bonchev–Trinajstić information content (AvgIpc) is 3.36. The van der Waals surface area contributed by atoms with Crippen LogP contribution in [-0.2, 0) is 21.1 Å². The molecular weight excluding hydrogens is 446 g/mol. The molecule has 1 N–H and O–H groups in total. The normalized spacial score (nSPS) is 21.8. The maximum Gasteiger partial charge on any atom is 0.229 e. The van der Waals surface area contributed by atoms with Crippen LogP contribution in [0, 0.1) is 0 Å². The van der Waals surface area contributed by atoms with Gasteiger partial charge in [0.25, 0.3) is 0 Å². The second-order valence-corrected chi connectivity index (χ2v) is 10.9. The third-order valence-electron chi connectivity index (χ3n) is 6.07. The lowest BCUT2D eigenvalue weighted by atomic mass is 10.1. The summed E-state index contributed by atoms with van der Waals surface area (Å²) in [6.07, 6.45) is 1.82. The van der Waals surface area contributed by atoms with Crippen LogP contribution >= 0.6 is 0 Å². The number of aliphatic hydroxyl groups is 1. The summed E-state index contributed by atoms with van der Waals surface area (Å²) in [7, 11) is -3.40. The van der Waals surface area contributed by atoms with Crippen molar-refractivity contribution in [1.82, 2.24) is 25.0 Å². The fraction of sp³-hybridized carbons (Fsp3) is 0.524. The quantitative estimate of drug-likeness (QED) is 0.559. The Morgan fingerprint density at radius 3 is 2.58 bits per heavy atom. The Balaban J connectivity index is 1.61. The molecule has 2 aliphatic rings. The molecule has 0 amide bonds. The first-order chi connectivity index (χ1) is 15.7. The maximum atomic E-state index is 12.3. The van der Waals surface area contributed by atoms with Gasteiger partial charge in [-0.05, 0) is 25.0 Å². The van der Waals surface area contributed by atoms with Gasteiger partial charge in [0.1, 0.15) is 0 Å². The first kappa shape index (κ1) is 22.0. The predicted molar refractivity (Wildman–Crippen MR) is 122 cm³/mol. The zero-order valence-electron chi connectivity index (χ0n) is 18.7. The van der Waals surface area contributed by atoms with Crippen molar-refractivity contribution in [2.45, 2.75) is 30.4 Å². The first-order valence-electron chi connectivity index (χ1n) is 10.9. The molecule has 1 atom stereocenters. The minimum atomic E-state index is -3.40. The number of β-amino-alcohol motifs (C(OH)–C–C–N with tert-alkyl or cyclic N) is 1. The van der Waals surface area contributed by atoms with Gasteiger partial charge in [-0.25, -0.2) is 13.1 Å². The third kappa shape index (κ3) is 4.37. The van der Waals surface area contributed by atoms with Crippen LogP contribution in [0.15, 0.2) is 29.2 Å². The van der Waals surface area contributed by atoms with Gasteiger partial charge in [-0.1, -0.05) is 23.4 Å². The molecule has 0 unspecified atom stereocenters. The van der Waals surface area contributed by atoms with Crippen molar-refractivity contribution in [3.63, 3.8) is 0 Å². The van der Waals surface area contributed by atoms with Gasteiger partial charge in [-0.3, -0.25) is 0 Å². The van der Waals surface area contributed by atoms with E-state index in [1.165, 1.54) is 6.26 Å². The number of rotatable bonds is 5. The van der Waals surface area contributed by atoms with Crippen LogP contribution in [0.5, 0.6) is 0 Å². The van der Waals surface area contributed by atoms with E-state index in [-0.39, 0.29) is 11.4 Å². The first-order valence-corrected chi connectivity index (χ1v) is 12.8. The Bertz CT molecular complexity index is 1290. The lowest BCUT2D eigenvalue weighted by Gasteiger charge is -2.28. The van der Waals surface area contributed by atoms with E-state index in [2.05, 4.69) is 15.2 Å². The van der Waals surface area contributed by atoms with Crippen LogP contribution in [0.25, 0.3) is 11.2 Å². The highest BCUT2D eigenvalue weighted by molar-refractivity contribution is 7.90. The van der Waals surface area contributed by atoms with E-state index in [0.717, 1.165) is 0 Å². The molecular formula is C21H27N7O4S. The lowest BCUT2D eigenvalue weighted by molar-refractivity contribution is 0.0839. The number of aromatic nitrogens is 5. The number of nitrogens with zero attached hydrogens (tertiary/aromatic N) is 7. The van der Waals surface area contributed by atoms with E-state index in [0.29, 0.717) is 74.3 Å². The van der Waals surface area contributed by atoms with E-state index >= 15 is 0 Å². The molecule has 3 aromatic rings. The molecule has 12 heteroatoms. The molecule has 0 saturated carbocycles. The summed E-state index contributed by atoms with van der Waals surface area (Å²) in [5.41, 5.74) is 0.864. The zero-order valence-corrected chi connectivity index (χ0v) is 19.5. The standard InChI is InChI=1S/C21H27N7O4S/c1-21(29)7-8-27(14-21)18-17-19(23-20(22-18)26-9-11-32-12-10-26)28(25-24-17)13-15-5-3-4-6-16(15)33(2,30)31/h3-6,29H,7-14H2,1-2H3/t21-/m1/s1. The molecule has 0 bridgehead atoms. The summed E-state index contributed by atoms with van der Waals surface area (Å²) in [5.74, 6) is 1.18. The van der Waals surface area contributed by atoms with E-state index in [1.54, 1.807) is 28.9 Å². The van der Waals surface area contributed by atoms with Gasteiger partial charge < -0.3 is 19.6 Å². The molecule has 2 fully saturated rings. The molecule has 0 spiro atoms. The number of benzene rings is 1. The van der Waals surface area contributed by atoms with Gasteiger partial charge in [0.15, 0.2) is 26.8 Å². The van der Waals surface area contributed by atoms with Gasteiger partial charge in [0, 0.05) is 32.4 Å². The number of morpholine rings is 1. The minimum absolute atomic E-state index is 0.205. The summed E-state index contributed by atoms with van der Waals surface area (Å²) in [6.45, 7) is 5.62. The number of hydrogen-bond acceptors (Lipinski definition) is 10. The van der Waals surface area contributed by atoms with Crippen molar-refractivity contribution in [3.05, 3.63) is 29.8 Å². The second-order valence-electron chi connectivity index (χ2n) is 8.91. The van der Waals surface area contributed by atoms with Crippen LogP contribution in [0.3, 0.4) is 0 Å². The SMILES string of the molecule is C[C@@]1(O)CCN(c2nc(N3CCOCC3)nc3c2nnn3Cc2ccccc2S(C)(=O)=O)C1. The highest BCUT2D eigenvalue weighted by Gasteiger charge is 2.34. The Morgan fingerprint density at radius 2 is 1.88 bits per heavy atom. The zero-order chi connectivity index (χ0) is 23.2. The van der Waals surface area contributed by atoms with Gasteiger partial charge in [-0.2, -0.15) is 9.97 Å². The molecule has 176 valence electrons. The van der Waals surface area contributed by atoms with E-state index in [4.69, 9.17) is 14.7 Å². The van der Waals surface area contributed by atoms with E-state index in [1.807, 2.05) is 11.8 Å². The van der Waals surface area contributed by atoms with Gasteiger partial charge in [-0.15, -0.1) is 5.10 Å². The molecule has 1 aromatic carbocycles. The van der Waals surface area contributed by atoms with Crippen molar-refractivity contribution < 1.29 is 18.3 Å². The summed E-state index contributed by atoms with van der Waals surface area (Å²) in [5, 5.41) is 19.2. The largest absolute Gasteiger partial charge is 0.388 e. The van der Waals surface area contributed by atoms with E-state index < -0.39 is 15.4 Å². The van der Waals surface area contributed by atoms with Crippen molar-refractivity contribution in [3.8, 4) is 0 Å². The summed E-state index contributed by atoms with van der Waals surface area (Å²) in [6, 6.07) is 6.87. The van der Waals surface area contributed by atoms with Crippen LogP contribution in [-0.4, -0.2) is 89.7 Å². The number of anilines is 2. The van der Waals surface area contributed by atoms with Crippen LogP contribution in [0.1, 0.15) is 18.9 Å². The average molecular weight is 474 g/mol. The monoisotopic (exact) mass is 473 g/mol. The molecule has 11 nitrogen and oxygen atoms in total. The number of fused-ring (bicyclic) bond motifs is 1. The van der Waals surface area contributed by atoms with Gasteiger partial charge in [0.05, 0.1) is 30.3 Å². The second kappa shape index (κ2) is 8.19. The van der Waals surface area contributed by atoms with Crippen molar-refractivity contribution in [2.24, 2.45) is 0 Å². The summed E-state index contributed by atoms with van der Waals surface area (Å²) >= 11 is 0. The lowest BCUT2D eigenvalue weighted by Crippen LogP contribution is -2.38. The fourth-order valence-electron chi connectivity index (χ4n) is 4.35. The molecule has 2 saturated heterocycles. The molecule has 0 radical (unpaired) electrons. The highest BCUT2D eigenvalue weighted by atomic mass is 32.2. The van der Waals surface area contributed by atoms with Crippen LogP contribution < -0.4 is 9.80 Å². The topological polar surface area (TPSA) is 127 Å². The summed E-state index contributed by atoms with van der Waals surface area (Å²) in [4.78, 5) is 13.9. The number of ether oxygens (including phenoxy) is 1. The predicted octanol–water partition coefficient (Wildman–Crippen LogP) is 0.471. The van der Waals surface area contributed by atoms with Gasteiger partial charge in [0.2, 0.25) is 5.95 Å². The Morgan fingerprint density at radius 1 is 1.12 bits per heavy atom. The summed E-state index contributed by atoms with van der Waals surface area (Å²) < 4.78 is 31.6. The van der Waals surface area contributed by atoms with Crippen LogP contribution in [0.4, 0.5) is 11.8 Å². The number of sulfone groups is 1. The molecule has 2 aromatic heterocycles. The fourth-order valence-corrected chi connectivity index (χ4v) is 5.28. The Hall–Kier alpha value is -2.83. The number of hydrogen-bond donors (Lipinski definition) is 1. The Labute approximate surface area is 191 Å². The highest BCUT2D eigenvalue weighted by Crippen LogP contribution is 2.31. The van der Waals surface area contributed by atoms with Gasteiger partial charge >= 0.3 is 0 Å². The van der Waals surface area contributed by atoms with Crippen LogP contribution in [0.2, 0.25) is 0 Å². The molecule has 33 heavy (non-hydrogen) atoms. The minimum Gasteiger partial charge on any atom is -0.388 e. The molecule has 5 rings (SSSR count). The van der Waals surface area contributed by atoms with Crippen molar-refractivity contribution in [2.75, 3.05) is 55.4 Å². The third-order valence-corrected chi connectivity index (χ3v) is 7.27. The smallest absolute Gasteiger partial charge is 0.229 e. The molecule has 4 heterocycles. The van der Waals surface area contributed by atoms with Crippen molar-refractivity contribution in [1.29, 1.82) is 0 Å². The molecule has 0 aliphatic carbocycles. The van der Waals surface area contributed by atoms with E-state index in [9.17, 15) is 13.5 Å². The molecule has 2 aliphatic heterocycles. The van der Waals surface area contributed by atoms with Crippen molar-refractivity contribution >= 4 is 32.8 Å².